The number of hydrazine groups is 1. The van der Waals surface area contributed by atoms with Crippen LogP contribution < -0.4 is 16.6 Å². The summed E-state index contributed by atoms with van der Waals surface area (Å²) in [7, 11) is 1.63. The fourth-order valence-electron chi connectivity index (χ4n) is 2.47. The minimum Gasteiger partial charge on any atom is -0.377 e. The van der Waals surface area contributed by atoms with E-state index in [1.165, 1.54) is 38.5 Å². The van der Waals surface area contributed by atoms with E-state index in [0.29, 0.717) is 24.3 Å². The van der Waals surface area contributed by atoms with Crippen molar-refractivity contribution in [3.63, 3.8) is 0 Å². The molecule has 0 unspecified atom stereocenters. The van der Waals surface area contributed by atoms with E-state index >= 15 is 0 Å². The zero-order valence-electron chi connectivity index (χ0n) is 11.5. The third-order valence-corrected chi connectivity index (χ3v) is 3.40. The highest BCUT2D eigenvalue weighted by Gasteiger charge is 2.13. The van der Waals surface area contributed by atoms with E-state index in [2.05, 4.69) is 20.7 Å². The zero-order chi connectivity index (χ0) is 13.5. The van der Waals surface area contributed by atoms with E-state index in [4.69, 9.17) is 10.6 Å². The molecule has 0 bridgehead atoms. The van der Waals surface area contributed by atoms with Crippen LogP contribution in [0.1, 0.15) is 44.3 Å². The maximum Gasteiger partial charge on any atom is 0.158 e. The van der Waals surface area contributed by atoms with Gasteiger partial charge in [-0.25, -0.2) is 15.8 Å². The summed E-state index contributed by atoms with van der Waals surface area (Å²) in [6, 6.07) is 2.34. The second-order valence-electron chi connectivity index (χ2n) is 4.96. The first-order valence-electron chi connectivity index (χ1n) is 6.92. The van der Waals surface area contributed by atoms with Gasteiger partial charge in [0.05, 0.1) is 0 Å². The Labute approximate surface area is 114 Å². The molecule has 0 atom stereocenters. The minimum absolute atomic E-state index is 0.384. The highest BCUT2D eigenvalue weighted by Crippen LogP contribution is 2.21. The van der Waals surface area contributed by atoms with E-state index in [-0.39, 0.29) is 0 Å². The second kappa shape index (κ2) is 7.25. The molecule has 2 rings (SSSR count). The molecule has 4 N–H and O–H groups in total. The number of nitrogens with one attached hydrogen (secondary N) is 2. The molecular weight excluding hydrogens is 242 g/mol. The molecule has 1 fully saturated rings. The molecule has 0 spiro atoms. The number of nitrogens with zero attached hydrogens (tertiary/aromatic N) is 2. The van der Waals surface area contributed by atoms with Crippen LogP contribution in [-0.4, -0.2) is 23.1 Å². The van der Waals surface area contributed by atoms with Gasteiger partial charge < -0.3 is 15.5 Å². The van der Waals surface area contributed by atoms with Crippen LogP contribution in [-0.2, 0) is 11.3 Å². The lowest BCUT2D eigenvalue weighted by atomic mass is 10.1. The van der Waals surface area contributed by atoms with Gasteiger partial charge in [0.15, 0.2) is 5.82 Å². The maximum absolute atomic E-state index is 5.43. The van der Waals surface area contributed by atoms with Gasteiger partial charge in [0, 0.05) is 19.2 Å². The first-order valence-corrected chi connectivity index (χ1v) is 6.92. The Hall–Kier alpha value is -1.40. The van der Waals surface area contributed by atoms with Crippen molar-refractivity contribution in [1.82, 2.24) is 9.97 Å². The summed E-state index contributed by atoms with van der Waals surface area (Å²) < 4.78 is 5.07. The van der Waals surface area contributed by atoms with Gasteiger partial charge in [0.2, 0.25) is 0 Å². The van der Waals surface area contributed by atoms with Crippen LogP contribution in [0.15, 0.2) is 6.07 Å². The topological polar surface area (TPSA) is 85.1 Å². The number of hydrogen-bond donors (Lipinski definition) is 3. The van der Waals surface area contributed by atoms with Gasteiger partial charge in [-0.05, 0) is 12.8 Å². The summed E-state index contributed by atoms with van der Waals surface area (Å²) in [5.74, 6) is 7.50. The van der Waals surface area contributed by atoms with Crippen LogP contribution in [0, 0.1) is 0 Å². The van der Waals surface area contributed by atoms with Crippen molar-refractivity contribution in [1.29, 1.82) is 0 Å². The number of aromatic nitrogens is 2. The number of ether oxygens (including phenoxy) is 1. The standard InChI is InChI=1S/C13H23N5O/c1-19-9-13-16-11(8-12(17-13)18-14)15-10-6-4-2-3-5-7-10/h8,10H,2-7,9,14H2,1H3,(H2,15,16,17,18). The number of nitrogens with two attached hydrogens (primary N) is 1. The average molecular weight is 265 g/mol. The Bertz CT molecular complexity index is 391. The van der Waals surface area contributed by atoms with Crippen LogP contribution in [0.3, 0.4) is 0 Å². The molecule has 1 aliphatic rings. The number of methoxy groups -OCH3 is 1. The Morgan fingerprint density at radius 3 is 2.53 bits per heavy atom. The van der Waals surface area contributed by atoms with Crippen LogP contribution in [0.4, 0.5) is 11.6 Å². The average Bonchev–Trinajstić information content (AvgIpc) is 2.67. The molecule has 0 aromatic carbocycles. The van der Waals surface area contributed by atoms with Gasteiger partial charge in [-0.2, -0.15) is 0 Å². The first kappa shape index (κ1) is 14.0. The molecule has 6 heteroatoms. The summed E-state index contributed by atoms with van der Waals surface area (Å²) in [5, 5.41) is 3.49. The predicted molar refractivity (Wildman–Crippen MR) is 75.7 cm³/mol. The largest absolute Gasteiger partial charge is 0.377 e. The Kier molecular flexibility index (Phi) is 5.35. The number of nitrogen functional groups attached to an aromatic ring is 1. The molecule has 1 aromatic rings. The molecule has 1 aliphatic carbocycles. The summed E-state index contributed by atoms with van der Waals surface area (Å²) >= 11 is 0. The molecule has 1 saturated carbocycles. The Morgan fingerprint density at radius 1 is 1.21 bits per heavy atom. The van der Waals surface area contributed by atoms with E-state index < -0.39 is 0 Å². The molecule has 0 aliphatic heterocycles. The minimum atomic E-state index is 0.384. The van der Waals surface area contributed by atoms with Crippen LogP contribution in [0.25, 0.3) is 0 Å². The van der Waals surface area contributed by atoms with E-state index in [0.717, 1.165) is 5.82 Å². The van der Waals surface area contributed by atoms with Crippen LogP contribution >= 0.6 is 0 Å². The van der Waals surface area contributed by atoms with Crippen molar-refractivity contribution >= 4 is 11.6 Å². The van der Waals surface area contributed by atoms with Gasteiger partial charge in [-0.15, -0.1) is 0 Å². The van der Waals surface area contributed by atoms with Crippen LogP contribution in [0.2, 0.25) is 0 Å². The molecule has 0 radical (unpaired) electrons. The molecule has 6 nitrogen and oxygen atoms in total. The predicted octanol–water partition coefficient (Wildman–Crippen LogP) is 2.04. The fraction of sp³-hybridized carbons (Fsp3) is 0.692. The smallest absolute Gasteiger partial charge is 0.158 e. The number of hydrogen-bond acceptors (Lipinski definition) is 6. The summed E-state index contributed by atoms with van der Waals surface area (Å²) in [5.41, 5.74) is 2.57. The maximum atomic E-state index is 5.43. The van der Waals surface area contributed by atoms with Crippen molar-refractivity contribution in [2.75, 3.05) is 17.9 Å². The number of rotatable bonds is 5. The third-order valence-electron chi connectivity index (χ3n) is 3.40. The van der Waals surface area contributed by atoms with Crippen molar-refractivity contribution in [3.05, 3.63) is 11.9 Å². The monoisotopic (exact) mass is 265 g/mol. The normalized spacial score (nSPS) is 16.9. The van der Waals surface area contributed by atoms with E-state index in [9.17, 15) is 0 Å². The fourth-order valence-corrected chi connectivity index (χ4v) is 2.47. The Balaban J connectivity index is 2.06. The van der Waals surface area contributed by atoms with Gasteiger partial charge in [0.25, 0.3) is 0 Å². The van der Waals surface area contributed by atoms with E-state index in [1.807, 2.05) is 6.07 Å². The lowest BCUT2D eigenvalue weighted by molar-refractivity contribution is 0.178. The van der Waals surface area contributed by atoms with Crippen molar-refractivity contribution in [3.8, 4) is 0 Å². The zero-order valence-corrected chi connectivity index (χ0v) is 11.5. The third kappa shape index (κ3) is 4.33. The first-order chi connectivity index (χ1) is 9.31. The van der Waals surface area contributed by atoms with E-state index in [1.54, 1.807) is 7.11 Å². The van der Waals surface area contributed by atoms with Gasteiger partial charge in [-0.1, -0.05) is 25.7 Å². The molecule has 1 heterocycles. The molecule has 0 amide bonds. The van der Waals surface area contributed by atoms with Crippen molar-refractivity contribution in [2.24, 2.45) is 5.84 Å². The lowest BCUT2D eigenvalue weighted by Gasteiger charge is -2.17. The quantitative estimate of drug-likeness (QED) is 0.429. The highest BCUT2D eigenvalue weighted by molar-refractivity contribution is 5.47. The van der Waals surface area contributed by atoms with Gasteiger partial charge >= 0.3 is 0 Å². The SMILES string of the molecule is COCc1nc(NN)cc(NC2CCCCCC2)n1. The van der Waals surface area contributed by atoms with Crippen molar-refractivity contribution in [2.45, 2.75) is 51.2 Å². The second-order valence-corrected chi connectivity index (χ2v) is 4.96. The Morgan fingerprint density at radius 2 is 1.89 bits per heavy atom. The molecule has 19 heavy (non-hydrogen) atoms. The van der Waals surface area contributed by atoms with Gasteiger partial charge in [-0.3, -0.25) is 0 Å². The molecule has 1 aromatic heterocycles. The lowest BCUT2D eigenvalue weighted by Crippen LogP contribution is -2.20. The highest BCUT2D eigenvalue weighted by atomic mass is 16.5. The summed E-state index contributed by atoms with van der Waals surface area (Å²) in [4.78, 5) is 8.69. The molecular formula is C13H23N5O. The molecule has 106 valence electrons. The van der Waals surface area contributed by atoms with Crippen LogP contribution in [0.5, 0.6) is 0 Å². The number of anilines is 2. The summed E-state index contributed by atoms with van der Waals surface area (Å²) in [6.45, 7) is 0.384. The van der Waals surface area contributed by atoms with Gasteiger partial charge in [0.1, 0.15) is 18.2 Å². The summed E-state index contributed by atoms with van der Waals surface area (Å²) in [6.07, 6.45) is 7.66. The molecule has 0 saturated heterocycles. The van der Waals surface area contributed by atoms with Crippen molar-refractivity contribution < 1.29 is 4.74 Å².